The highest BCUT2D eigenvalue weighted by atomic mass is 19.1. The Labute approximate surface area is 104 Å². The summed E-state index contributed by atoms with van der Waals surface area (Å²) in [6.45, 7) is 0.562. The van der Waals surface area contributed by atoms with Gasteiger partial charge in [0.15, 0.2) is 0 Å². The molecule has 0 aliphatic heterocycles. The van der Waals surface area contributed by atoms with Crippen LogP contribution in [0, 0.1) is 5.82 Å². The number of benzene rings is 1. The molecule has 0 atom stereocenters. The number of aromatic nitrogens is 1. The number of nitrogens with two attached hydrogens (primary N) is 1. The zero-order valence-electron chi connectivity index (χ0n) is 9.56. The van der Waals surface area contributed by atoms with Crippen molar-refractivity contribution in [1.82, 2.24) is 4.98 Å². The van der Waals surface area contributed by atoms with E-state index in [1.54, 1.807) is 18.5 Å². The van der Waals surface area contributed by atoms with Gasteiger partial charge in [0, 0.05) is 24.6 Å². The van der Waals surface area contributed by atoms with Crippen molar-refractivity contribution in [3.05, 3.63) is 59.7 Å². The van der Waals surface area contributed by atoms with Gasteiger partial charge in [-0.2, -0.15) is 0 Å². The van der Waals surface area contributed by atoms with Gasteiger partial charge < -0.3 is 11.1 Å². The lowest BCUT2D eigenvalue weighted by Gasteiger charge is -2.08. The Kier molecular flexibility index (Phi) is 3.52. The molecule has 4 nitrogen and oxygen atoms in total. The van der Waals surface area contributed by atoms with Crippen LogP contribution in [0.25, 0.3) is 0 Å². The molecule has 0 saturated heterocycles. The van der Waals surface area contributed by atoms with Crippen LogP contribution in [0.15, 0.2) is 42.7 Å². The zero-order chi connectivity index (χ0) is 13.0. The largest absolute Gasteiger partial charge is 0.381 e. The molecule has 1 heterocycles. The monoisotopic (exact) mass is 245 g/mol. The Morgan fingerprint density at radius 2 is 2.00 bits per heavy atom. The van der Waals surface area contributed by atoms with Crippen LogP contribution in [-0.2, 0) is 6.54 Å². The van der Waals surface area contributed by atoms with Gasteiger partial charge in [-0.05, 0) is 35.9 Å². The first-order valence-corrected chi connectivity index (χ1v) is 5.39. The molecule has 0 unspecified atom stereocenters. The number of halogens is 1. The predicted octanol–water partition coefficient (Wildman–Crippen LogP) is 1.93. The van der Waals surface area contributed by atoms with E-state index >= 15 is 0 Å². The Bertz CT molecular complexity index is 557. The average molecular weight is 245 g/mol. The normalized spacial score (nSPS) is 10.1. The summed E-state index contributed by atoms with van der Waals surface area (Å²) < 4.78 is 13.2. The van der Waals surface area contributed by atoms with Crippen molar-refractivity contribution in [2.24, 2.45) is 5.73 Å². The highest BCUT2D eigenvalue weighted by Gasteiger charge is 2.08. The molecule has 0 saturated carbocycles. The fourth-order valence-corrected chi connectivity index (χ4v) is 1.53. The van der Waals surface area contributed by atoms with E-state index in [0.717, 1.165) is 5.56 Å². The van der Waals surface area contributed by atoms with Crippen LogP contribution < -0.4 is 11.1 Å². The van der Waals surface area contributed by atoms with Crippen LogP contribution in [0.3, 0.4) is 0 Å². The van der Waals surface area contributed by atoms with Gasteiger partial charge in [0.1, 0.15) is 5.82 Å². The van der Waals surface area contributed by atoms with Crippen LogP contribution in [0.1, 0.15) is 15.9 Å². The zero-order valence-corrected chi connectivity index (χ0v) is 9.56. The summed E-state index contributed by atoms with van der Waals surface area (Å²) in [7, 11) is 0. The van der Waals surface area contributed by atoms with Crippen LogP contribution in [0.4, 0.5) is 10.1 Å². The minimum Gasteiger partial charge on any atom is -0.381 e. The SMILES string of the molecule is NC(=O)c1cc(NCc2ccncc2)ccc1F. The second-order valence-electron chi connectivity index (χ2n) is 3.77. The number of amides is 1. The van der Waals surface area contributed by atoms with E-state index < -0.39 is 11.7 Å². The maximum Gasteiger partial charge on any atom is 0.251 e. The highest BCUT2D eigenvalue weighted by molar-refractivity contribution is 5.94. The van der Waals surface area contributed by atoms with Gasteiger partial charge in [0.2, 0.25) is 0 Å². The number of primary amides is 1. The summed E-state index contributed by atoms with van der Waals surface area (Å²) in [5, 5.41) is 3.08. The smallest absolute Gasteiger partial charge is 0.251 e. The van der Waals surface area contributed by atoms with Crippen LogP contribution in [0.2, 0.25) is 0 Å². The van der Waals surface area contributed by atoms with Crippen LogP contribution in [-0.4, -0.2) is 10.9 Å². The van der Waals surface area contributed by atoms with Crippen molar-refractivity contribution >= 4 is 11.6 Å². The topological polar surface area (TPSA) is 68.0 Å². The molecule has 0 radical (unpaired) electrons. The van der Waals surface area contributed by atoms with Gasteiger partial charge in [0.05, 0.1) is 5.56 Å². The first-order chi connectivity index (χ1) is 8.66. The lowest BCUT2D eigenvalue weighted by molar-refractivity contribution is 0.0996. The summed E-state index contributed by atoms with van der Waals surface area (Å²) >= 11 is 0. The molecule has 0 fully saturated rings. The molecular weight excluding hydrogens is 233 g/mol. The Morgan fingerprint density at radius 1 is 1.28 bits per heavy atom. The number of anilines is 1. The maximum atomic E-state index is 13.2. The van der Waals surface area contributed by atoms with E-state index in [1.165, 1.54) is 12.1 Å². The van der Waals surface area contributed by atoms with E-state index in [-0.39, 0.29) is 5.56 Å². The second-order valence-corrected chi connectivity index (χ2v) is 3.77. The number of nitrogens with zero attached hydrogens (tertiary/aromatic N) is 1. The predicted molar refractivity (Wildman–Crippen MR) is 66.5 cm³/mol. The lowest BCUT2D eigenvalue weighted by atomic mass is 10.1. The number of pyridine rings is 1. The van der Waals surface area contributed by atoms with Gasteiger partial charge in [-0.15, -0.1) is 0 Å². The van der Waals surface area contributed by atoms with Crippen LogP contribution in [0.5, 0.6) is 0 Å². The van der Waals surface area contributed by atoms with Crippen molar-refractivity contribution in [2.75, 3.05) is 5.32 Å². The number of nitrogens with one attached hydrogen (secondary N) is 1. The van der Waals surface area contributed by atoms with E-state index in [2.05, 4.69) is 10.3 Å². The van der Waals surface area contributed by atoms with Crippen molar-refractivity contribution in [3.63, 3.8) is 0 Å². The Morgan fingerprint density at radius 3 is 2.67 bits per heavy atom. The van der Waals surface area contributed by atoms with Gasteiger partial charge in [-0.1, -0.05) is 0 Å². The highest BCUT2D eigenvalue weighted by Crippen LogP contribution is 2.15. The first kappa shape index (κ1) is 12.0. The molecule has 1 aromatic carbocycles. The number of hydrogen-bond acceptors (Lipinski definition) is 3. The number of carbonyl (C=O) groups excluding carboxylic acids is 1. The molecule has 0 aliphatic rings. The molecule has 5 heteroatoms. The van der Waals surface area contributed by atoms with E-state index in [9.17, 15) is 9.18 Å². The maximum absolute atomic E-state index is 13.2. The molecule has 2 aromatic rings. The van der Waals surface area contributed by atoms with E-state index in [0.29, 0.717) is 12.2 Å². The third-order valence-corrected chi connectivity index (χ3v) is 2.48. The van der Waals surface area contributed by atoms with Crippen molar-refractivity contribution in [3.8, 4) is 0 Å². The molecule has 3 N–H and O–H groups in total. The van der Waals surface area contributed by atoms with Crippen molar-refractivity contribution < 1.29 is 9.18 Å². The number of carbonyl (C=O) groups is 1. The first-order valence-electron chi connectivity index (χ1n) is 5.39. The lowest BCUT2D eigenvalue weighted by Crippen LogP contribution is -2.13. The molecule has 0 bridgehead atoms. The third kappa shape index (κ3) is 2.82. The molecule has 2 rings (SSSR count). The molecular formula is C13H12FN3O. The van der Waals surface area contributed by atoms with E-state index in [4.69, 9.17) is 5.73 Å². The van der Waals surface area contributed by atoms with Gasteiger partial charge in [0.25, 0.3) is 5.91 Å². The summed E-state index contributed by atoms with van der Waals surface area (Å²) in [5.74, 6) is -1.39. The van der Waals surface area contributed by atoms with Gasteiger partial charge >= 0.3 is 0 Å². The summed E-state index contributed by atoms with van der Waals surface area (Å²) in [5.41, 5.74) is 6.64. The van der Waals surface area contributed by atoms with Crippen LogP contribution >= 0.6 is 0 Å². The number of rotatable bonds is 4. The quantitative estimate of drug-likeness (QED) is 0.864. The van der Waals surface area contributed by atoms with Gasteiger partial charge in [-0.25, -0.2) is 4.39 Å². The van der Waals surface area contributed by atoms with Crippen molar-refractivity contribution in [2.45, 2.75) is 6.54 Å². The summed E-state index contributed by atoms with van der Waals surface area (Å²) in [6.07, 6.45) is 3.38. The fraction of sp³-hybridized carbons (Fsp3) is 0.0769. The Balaban J connectivity index is 2.11. The molecule has 18 heavy (non-hydrogen) atoms. The fourth-order valence-electron chi connectivity index (χ4n) is 1.53. The Hall–Kier alpha value is -2.43. The minimum absolute atomic E-state index is 0.116. The average Bonchev–Trinajstić information content (AvgIpc) is 2.38. The van der Waals surface area contributed by atoms with Gasteiger partial charge in [-0.3, -0.25) is 9.78 Å². The number of hydrogen-bond donors (Lipinski definition) is 2. The summed E-state index contributed by atoms with van der Waals surface area (Å²) in [6, 6.07) is 7.91. The molecule has 92 valence electrons. The standard InChI is InChI=1S/C13H12FN3O/c14-12-2-1-10(7-11(12)13(15)18)17-8-9-3-5-16-6-4-9/h1-7,17H,8H2,(H2,15,18). The minimum atomic E-state index is -0.778. The third-order valence-electron chi connectivity index (χ3n) is 2.48. The van der Waals surface area contributed by atoms with E-state index in [1.807, 2.05) is 12.1 Å². The summed E-state index contributed by atoms with van der Waals surface area (Å²) in [4.78, 5) is 14.9. The second kappa shape index (κ2) is 5.27. The molecule has 0 aliphatic carbocycles. The molecule has 0 spiro atoms. The molecule has 1 aromatic heterocycles. The van der Waals surface area contributed by atoms with Crippen molar-refractivity contribution in [1.29, 1.82) is 0 Å². The molecule has 1 amide bonds.